The molecule has 2 aromatic rings. The van der Waals surface area contributed by atoms with Crippen LogP contribution in [0.3, 0.4) is 0 Å². The zero-order chi connectivity index (χ0) is 12.3. The van der Waals surface area contributed by atoms with Crippen LogP contribution in [0.4, 0.5) is 0 Å². The Labute approximate surface area is 104 Å². The fourth-order valence-corrected chi connectivity index (χ4v) is 2.64. The molecule has 0 saturated carbocycles. The van der Waals surface area contributed by atoms with Crippen molar-refractivity contribution in [2.24, 2.45) is 0 Å². The lowest BCUT2D eigenvalue weighted by Crippen LogP contribution is -2.09. The molecule has 1 unspecified atom stereocenters. The van der Waals surface area contributed by atoms with Crippen molar-refractivity contribution in [3.8, 4) is 5.75 Å². The van der Waals surface area contributed by atoms with Gasteiger partial charge in [-0.1, -0.05) is 6.92 Å². The van der Waals surface area contributed by atoms with Gasteiger partial charge in [-0.15, -0.1) is 11.3 Å². The summed E-state index contributed by atoms with van der Waals surface area (Å²) in [6.45, 7) is 2.90. The van der Waals surface area contributed by atoms with Crippen molar-refractivity contribution in [3.05, 3.63) is 34.3 Å². The highest BCUT2D eigenvalue weighted by Gasteiger charge is 2.20. The van der Waals surface area contributed by atoms with Gasteiger partial charge in [0, 0.05) is 12.7 Å². The Balaban J connectivity index is 2.30. The minimum absolute atomic E-state index is 0.668. The van der Waals surface area contributed by atoms with Crippen LogP contribution in [-0.4, -0.2) is 22.0 Å². The van der Waals surface area contributed by atoms with Gasteiger partial charge in [0.25, 0.3) is 0 Å². The highest BCUT2D eigenvalue weighted by atomic mass is 32.1. The van der Waals surface area contributed by atoms with Gasteiger partial charge >= 0.3 is 0 Å². The number of methoxy groups -OCH3 is 1. The van der Waals surface area contributed by atoms with Gasteiger partial charge in [-0.3, -0.25) is 4.68 Å². The van der Waals surface area contributed by atoms with E-state index in [0.717, 1.165) is 29.3 Å². The SMILES string of the molecule is CCCn1nccc1C(O)c1sccc1OC. The van der Waals surface area contributed by atoms with E-state index in [1.54, 1.807) is 13.3 Å². The molecule has 0 aromatic carbocycles. The summed E-state index contributed by atoms with van der Waals surface area (Å²) in [4.78, 5) is 0.824. The molecule has 92 valence electrons. The summed E-state index contributed by atoms with van der Waals surface area (Å²) in [6.07, 6.45) is 2.04. The molecular weight excluding hydrogens is 236 g/mol. The summed E-state index contributed by atoms with van der Waals surface area (Å²) in [6, 6.07) is 3.71. The summed E-state index contributed by atoms with van der Waals surface area (Å²) in [5.74, 6) is 0.728. The first-order valence-corrected chi connectivity index (χ1v) is 6.47. The Bertz CT molecular complexity index is 478. The van der Waals surface area contributed by atoms with E-state index < -0.39 is 6.10 Å². The van der Waals surface area contributed by atoms with Crippen LogP contribution in [-0.2, 0) is 6.54 Å². The summed E-state index contributed by atoms with van der Waals surface area (Å²) in [7, 11) is 1.61. The van der Waals surface area contributed by atoms with E-state index in [1.165, 1.54) is 11.3 Å². The Morgan fingerprint density at radius 2 is 2.35 bits per heavy atom. The summed E-state index contributed by atoms with van der Waals surface area (Å²) >= 11 is 1.49. The number of nitrogens with zero attached hydrogens (tertiary/aromatic N) is 2. The minimum atomic E-state index is -0.668. The first-order valence-electron chi connectivity index (χ1n) is 5.59. The monoisotopic (exact) mass is 252 g/mol. The van der Waals surface area contributed by atoms with E-state index in [0.29, 0.717) is 0 Å². The molecule has 2 heterocycles. The molecule has 0 fully saturated rings. The predicted octanol–water partition coefficient (Wildman–Crippen LogP) is 2.44. The molecule has 0 saturated heterocycles. The molecule has 4 nitrogen and oxygen atoms in total. The molecule has 1 atom stereocenters. The molecule has 0 radical (unpaired) electrons. The van der Waals surface area contributed by atoms with Gasteiger partial charge in [-0.2, -0.15) is 5.10 Å². The molecule has 2 aromatic heterocycles. The Morgan fingerprint density at radius 3 is 3.06 bits per heavy atom. The van der Waals surface area contributed by atoms with Crippen molar-refractivity contribution in [1.29, 1.82) is 0 Å². The Kier molecular flexibility index (Phi) is 3.81. The second-order valence-corrected chi connectivity index (χ2v) is 4.68. The van der Waals surface area contributed by atoms with Gasteiger partial charge in [0.1, 0.15) is 11.9 Å². The molecule has 1 N–H and O–H groups in total. The fourth-order valence-electron chi connectivity index (χ4n) is 1.79. The van der Waals surface area contributed by atoms with Crippen LogP contribution < -0.4 is 4.74 Å². The zero-order valence-corrected chi connectivity index (χ0v) is 10.8. The molecule has 0 aliphatic rings. The summed E-state index contributed by atoms with van der Waals surface area (Å²) in [5, 5.41) is 16.5. The first-order chi connectivity index (χ1) is 8.27. The van der Waals surface area contributed by atoms with Crippen LogP contribution in [0, 0.1) is 0 Å². The summed E-state index contributed by atoms with van der Waals surface area (Å²) in [5.41, 5.74) is 0.813. The predicted molar refractivity (Wildman–Crippen MR) is 67.5 cm³/mol. The van der Waals surface area contributed by atoms with Gasteiger partial charge in [0.15, 0.2) is 0 Å². The Morgan fingerprint density at radius 1 is 1.53 bits per heavy atom. The average Bonchev–Trinajstić information content (AvgIpc) is 2.96. The van der Waals surface area contributed by atoms with Gasteiger partial charge in [0.2, 0.25) is 0 Å². The molecule has 0 aliphatic carbocycles. The van der Waals surface area contributed by atoms with E-state index in [4.69, 9.17) is 4.74 Å². The molecule has 0 aliphatic heterocycles. The third-order valence-corrected chi connectivity index (χ3v) is 3.54. The van der Waals surface area contributed by atoms with Crippen LogP contribution in [0.2, 0.25) is 0 Å². The van der Waals surface area contributed by atoms with Gasteiger partial charge in [-0.05, 0) is 23.9 Å². The first kappa shape index (κ1) is 12.1. The standard InChI is InChI=1S/C12H16N2O2S/c1-3-7-14-9(4-6-13-14)11(15)12-10(16-2)5-8-17-12/h4-6,8,11,15H,3,7H2,1-2H3. The lowest BCUT2D eigenvalue weighted by atomic mass is 10.2. The van der Waals surface area contributed by atoms with E-state index in [1.807, 2.05) is 22.2 Å². The topological polar surface area (TPSA) is 47.3 Å². The zero-order valence-electron chi connectivity index (χ0n) is 9.96. The number of ether oxygens (including phenoxy) is 1. The van der Waals surface area contributed by atoms with Crippen molar-refractivity contribution in [2.75, 3.05) is 7.11 Å². The third-order valence-electron chi connectivity index (χ3n) is 2.59. The van der Waals surface area contributed by atoms with E-state index >= 15 is 0 Å². The third kappa shape index (κ3) is 2.35. The van der Waals surface area contributed by atoms with Crippen LogP contribution >= 0.6 is 11.3 Å². The highest BCUT2D eigenvalue weighted by Crippen LogP contribution is 2.34. The summed E-state index contributed by atoms with van der Waals surface area (Å²) < 4.78 is 7.06. The number of hydrogen-bond donors (Lipinski definition) is 1. The molecular formula is C12H16N2O2S. The van der Waals surface area contributed by atoms with Crippen LogP contribution in [0.15, 0.2) is 23.7 Å². The van der Waals surface area contributed by atoms with Crippen molar-refractivity contribution in [3.63, 3.8) is 0 Å². The average molecular weight is 252 g/mol. The Hall–Kier alpha value is -1.33. The lowest BCUT2D eigenvalue weighted by Gasteiger charge is -2.13. The second-order valence-electron chi connectivity index (χ2n) is 3.73. The van der Waals surface area contributed by atoms with Gasteiger partial charge in [0.05, 0.1) is 17.7 Å². The number of aromatic nitrogens is 2. The molecule has 2 rings (SSSR count). The minimum Gasteiger partial charge on any atom is -0.495 e. The fraction of sp³-hybridized carbons (Fsp3) is 0.417. The molecule has 17 heavy (non-hydrogen) atoms. The molecule has 0 spiro atoms. The molecule has 5 heteroatoms. The van der Waals surface area contributed by atoms with Gasteiger partial charge < -0.3 is 9.84 Å². The lowest BCUT2D eigenvalue weighted by molar-refractivity contribution is 0.206. The quantitative estimate of drug-likeness (QED) is 0.889. The maximum atomic E-state index is 10.4. The maximum Gasteiger partial charge on any atom is 0.135 e. The van der Waals surface area contributed by atoms with E-state index in [2.05, 4.69) is 12.0 Å². The van der Waals surface area contributed by atoms with Crippen LogP contribution in [0.1, 0.15) is 30.0 Å². The molecule has 0 amide bonds. The number of aliphatic hydroxyl groups is 1. The second kappa shape index (κ2) is 5.33. The smallest absolute Gasteiger partial charge is 0.135 e. The number of thiophene rings is 1. The van der Waals surface area contributed by atoms with Crippen molar-refractivity contribution in [1.82, 2.24) is 9.78 Å². The number of hydrogen-bond acceptors (Lipinski definition) is 4. The largest absolute Gasteiger partial charge is 0.495 e. The van der Waals surface area contributed by atoms with Crippen molar-refractivity contribution < 1.29 is 9.84 Å². The molecule has 0 bridgehead atoms. The maximum absolute atomic E-state index is 10.4. The van der Waals surface area contributed by atoms with Crippen molar-refractivity contribution >= 4 is 11.3 Å². The highest BCUT2D eigenvalue weighted by molar-refractivity contribution is 7.10. The van der Waals surface area contributed by atoms with Crippen molar-refractivity contribution in [2.45, 2.75) is 26.0 Å². The van der Waals surface area contributed by atoms with E-state index in [-0.39, 0.29) is 0 Å². The van der Waals surface area contributed by atoms with Crippen LogP contribution in [0.25, 0.3) is 0 Å². The normalized spacial score (nSPS) is 12.6. The van der Waals surface area contributed by atoms with Gasteiger partial charge in [-0.25, -0.2) is 0 Å². The van der Waals surface area contributed by atoms with Crippen LogP contribution in [0.5, 0.6) is 5.75 Å². The number of aliphatic hydroxyl groups excluding tert-OH is 1. The van der Waals surface area contributed by atoms with E-state index in [9.17, 15) is 5.11 Å². The number of rotatable bonds is 5. The number of aryl methyl sites for hydroxylation is 1.